The van der Waals surface area contributed by atoms with Gasteiger partial charge in [0.2, 0.25) is 0 Å². The minimum absolute atomic E-state index is 0.0375. The molecule has 4 rings (SSSR count). The molecule has 2 N–H and O–H groups in total. The van der Waals surface area contributed by atoms with Crippen LogP contribution in [0.25, 0.3) is 11.3 Å². The second-order valence-corrected chi connectivity index (χ2v) is 8.02. The van der Waals surface area contributed by atoms with E-state index in [1.807, 2.05) is 19.1 Å². The van der Waals surface area contributed by atoms with Crippen molar-refractivity contribution in [2.45, 2.75) is 51.5 Å². The van der Waals surface area contributed by atoms with Crippen LogP contribution in [-0.2, 0) is 11.2 Å². The van der Waals surface area contributed by atoms with E-state index in [9.17, 15) is 15.0 Å². The number of rotatable bonds is 3. The number of aryl methyl sites for hydroxylation is 2. The average Bonchev–Trinajstić information content (AvgIpc) is 2.72. The Morgan fingerprint density at radius 2 is 1.97 bits per heavy atom. The Morgan fingerprint density at radius 3 is 2.62 bits per heavy atom. The second-order valence-electron chi connectivity index (χ2n) is 8.02. The molecule has 0 radical (unpaired) electrons. The lowest BCUT2D eigenvalue weighted by atomic mass is 9.84. The van der Waals surface area contributed by atoms with Crippen molar-refractivity contribution in [1.82, 2.24) is 10.2 Å². The zero-order valence-electron chi connectivity index (χ0n) is 16.4. The molecule has 1 fully saturated rings. The fraction of sp³-hybridized carbons (Fsp3) is 0.455. The van der Waals surface area contributed by atoms with Crippen molar-refractivity contribution in [3.63, 3.8) is 0 Å². The lowest BCUT2D eigenvalue weighted by Gasteiger charge is -2.39. The average molecular weight is 392 g/mol. The lowest BCUT2D eigenvalue weighted by molar-refractivity contribution is -0.142. The molecular formula is C22H24N4O3. The highest BCUT2D eigenvalue weighted by Crippen LogP contribution is 2.37. The van der Waals surface area contributed by atoms with Crippen LogP contribution in [0.4, 0.5) is 5.82 Å². The SMILES string of the molecule is Cc1cc(C#N)cc(O)c1-c1cc2c(nn1)N([C@H]1CC[C@H](C(=O)O)CC1)CCC2. The number of carboxylic acid groups (broad SMARTS) is 1. The monoisotopic (exact) mass is 392 g/mol. The molecule has 2 aromatic rings. The number of nitrogens with zero attached hydrogens (tertiary/aromatic N) is 4. The number of fused-ring (bicyclic) bond motifs is 1. The number of hydrogen-bond acceptors (Lipinski definition) is 6. The molecule has 2 heterocycles. The number of nitriles is 1. The van der Waals surface area contributed by atoms with Crippen molar-refractivity contribution < 1.29 is 15.0 Å². The minimum Gasteiger partial charge on any atom is -0.507 e. The highest BCUT2D eigenvalue weighted by atomic mass is 16.4. The van der Waals surface area contributed by atoms with Crippen LogP contribution in [-0.4, -0.2) is 39.0 Å². The summed E-state index contributed by atoms with van der Waals surface area (Å²) < 4.78 is 0. The van der Waals surface area contributed by atoms with Crippen LogP contribution in [0.5, 0.6) is 5.75 Å². The minimum atomic E-state index is -0.690. The Morgan fingerprint density at radius 1 is 1.21 bits per heavy atom. The third kappa shape index (κ3) is 3.63. The number of carboxylic acids is 1. The van der Waals surface area contributed by atoms with Gasteiger partial charge in [0.25, 0.3) is 0 Å². The van der Waals surface area contributed by atoms with Crippen molar-refractivity contribution in [2.75, 3.05) is 11.4 Å². The molecule has 0 atom stereocenters. The molecule has 2 aliphatic rings. The van der Waals surface area contributed by atoms with Gasteiger partial charge >= 0.3 is 5.97 Å². The maximum Gasteiger partial charge on any atom is 0.306 e. The van der Waals surface area contributed by atoms with E-state index in [0.717, 1.165) is 49.2 Å². The van der Waals surface area contributed by atoms with Gasteiger partial charge in [0.15, 0.2) is 5.82 Å². The number of aliphatic carboxylic acids is 1. The van der Waals surface area contributed by atoms with Gasteiger partial charge in [-0.3, -0.25) is 4.79 Å². The van der Waals surface area contributed by atoms with Crippen LogP contribution in [0.3, 0.4) is 0 Å². The normalized spacial score (nSPS) is 21.3. The summed E-state index contributed by atoms with van der Waals surface area (Å²) in [6.07, 6.45) is 5.03. The Labute approximate surface area is 169 Å². The first-order chi connectivity index (χ1) is 14.0. The molecule has 7 heteroatoms. The number of hydrogen-bond donors (Lipinski definition) is 2. The van der Waals surface area contributed by atoms with E-state index < -0.39 is 5.97 Å². The molecule has 7 nitrogen and oxygen atoms in total. The molecule has 1 aliphatic carbocycles. The Balaban J connectivity index is 1.62. The predicted molar refractivity (Wildman–Crippen MR) is 108 cm³/mol. The van der Waals surface area contributed by atoms with E-state index >= 15 is 0 Å². The summed E-state index contributed by atoms with van der Waals surface area (Å²) >= 11 is 0. The maximum atomic E-state index is 11.2. The summed E-state index contributed by atoms with van der Waals surface area (Å²) in [6, 6.07) is 7.54. The molecule has 0 amide bonds. The van der Waals surface area contributed by atoms with Crippen LogP contribution in [0.2, 0.25) is 0 Å². The summed E-state index contributed by atoms with van der Waals surface area (Å²) in [7, 11) is 0. The topological polar surface area (TPSA) is 110 Å². The molecule has 150 valence electrons. The first kappa shape index (κ1) is 19.2. The van der Waals surface area contributed by atoms with Crippen molar-refractivity contribution in [1.29, 1.82) is 5.26 Å². The van der Waals surface area contributed by atoms with Gasteiger partial charge in [-0.15, -0.1) is 10.2 Å². The van der Waals surface area contributed by atoms with Crippen molar-refractivity contribution in [3.05, 3.63) is 34.9 Å². The maximum absolute atomic E-state index is 11.2. The van der Waals surface area contributed by atoms with Crippen LogP contribution < -0.4 is 4.90 Å². The van der Waals surface area contributed by atoms with E-state index in [4.69, 9.17) is 5.26 Å². The van der Waals surface area contributed by atoms with E-state index in [-0.39, 0.29) is 11.7 Å². The highest BCUT2D eigenvalue weighted by Gasteiger charge is 2.32. The smallest absolute Gasteiger partial charge is 0.306 e. The van der Waals surface area contributed by atoms with Gasteiger partial charge in [0, 0.05) is 18.2 Å². The zero-order chi connectivity index (χ0) is 20.5. The summed E-state index contributed by atoms with van der Waals surface area (Å²) in [5, 5.41) is 37.6. The third-order valence-electron chi connectivity index (χ3n) is 6.15. The molecule has 1 aromatic carbocycles. The molecule has 1 saturated carbocycles. The molecule has 0 bridgehead atoms. The first-order valence-electron chi connectivity index (χ1n) is 10.1. The number of aromatic nitrogens is 2. The largest absolute Gasteiger partial charge is 0.507 e. The number of anilines is 1. The van der Waals surface area contributed by atoms with Gasteiger partial charge in [-0.25, -0.2) is 0 Å². The van der Waals surface area contributed by atoms with E-state index in [1.165, 1.54) is 6.07 Å². The van der Waals surface area contributed by atoms with Gasteiger partial charge in [-0.2, -0.15) is 5.26 Å². The Kier molecular flexibility index (Phi) is 5.10. The Bertz CT molecular complexity index is 967. The number of benzene rings is 1. The van der Waals surface area contributed by atoms with Crippen LogP contribution in [0, 0.1) is 24.2 Å². The third-order valence-corrected chi connectivity index (χ3v) is 6.15. The molecule has 0 saturated heterocycles. The second kappa shape index (κ2) is 7.70. The predicted octanol–water partition coefficient (Wildman–Crippen LogP) is 3.43. The Hall–Kier alpha value is -3.14. The van der Waals surface area contributed by atoms with Crippen LogP contribution in [0.1, 0.15) is 48.8 Å². The molecule has 0 unspecified atom stereocenters. The van der Waals surface area contributed by atoms with Gasteiger partial charge in [-0.05, 0) is 74.8 Å². The highest BCUT2D eigenvalue weighted by molar-refractivity contribution is 5.73. The van der Waals surface area contributed by atoms with E-state index in [1.54, 1.807) is 6.07 Å². The molecule has 1 aliphatic heterocycles. The van der Waals surface area contributed by atoms with E-state index in [2.05, 4.69) is 15.1 Å². The fourth-order valence-electron chi connectivity index (χ4n) is 4.67. The summed E-state index contributed by atoms with van der Waals surface area (Å²) in [4.78, 5) is 13.5. The fourth-order valence-corrected chi connectivity index (χ4v) is 4.67. The molecule has 29 heavy (non-hydrogen) atoms. The molecule has 1 aromatic heterocycles. The van der Waals surface area contributed by atoms with Gasteiger partial charge in [0.05, 0.1) is 23.2 Å². The van der Waals surface area contributed by atoms with Gasteiger partial charge in [0.1, 0.15) is 5.75 Å². The van der Waals surface area contributed by atoms with E-state index in [0.29, 0.717) is 35.7 Å². The zero-order valence-corrected chi connectivity index (χ0v) is 16.4. The van der Waals surface area contributed by atoms with Crippen LogP contribution >= 0.6 is 0 Å². The van der Waals surface area contributed by atoms with Crippen molar-refractivity contribution in [2.24, 2.45) is 5.92 Å². The number of carbonyl (C=O) groups is 1. The first-order valence-corrected chi connectivity index (χ1v) is 10.1. The van der Waals surface area contributed by atoms with Crippen LogP contribution in [0.15, 0.2) is 18.2 Å². The number of phenolic OH excluding ortho intramolecular Hbond substituents is 1. The van der Waals surface area contributed by atoms with Crippen molar-refractivity contribution >= 4 is 11.8 Å². The number of phenols is 1. The lowest BCUT2D eigenvalue weighted by Crippen LogP contribution is -2.42. The quantitative estimate of drug-likeness (QED) is 0.823. The summed E-state index contributed by atoms with van der Waals surface area (Å²) in [5.41, 5.74) is 3.52. The van der Waals surface area contributed by atoms with Gasteiger partial charge < -0.3 is 15.1 Å². The molecular weight excluding hydrogens is 368 g/mol. The standard InChI is InChI=1S/C22H24N4O3/c1-13-9-14(12-23)10-19(27)20(13)18-11-16-3-2-8-26(21(16)25-24-18)17-6-4-15(5-7-17)22(28)29/h9-11,15,17,27H,2-8H2,1H3,(H,28,29)/t15-,17-. The summed E-state index contributed by atoms with van der Waals surface area (Å²) in [5.74, 6) is -0.00385. The van der Waals surface area contributed by atoms with Gasteiger partial charge in [-0.1, -0.05) is 0 Å². The number of aromatic hydroxyl groups is 1. The molecule has 0 spiro atoms. The summed E-state index contributed by atoms with van der Waals surface area (Å²) in [6.45, 7) is 2.76. The van der Waals surface area contributed by atoms with Crippen molar-refractivity contribution in [3.8, 4) is 23.1 Å².